The van der Waals surface area contributed by atoms with Gasteiger partial charge in [0.25, 0.3) is 0 Å². The van der Waals surface area contributed by atoms with Gasteiger partial charge in [0, 0.05) is 17.3 Å². The van der Waals surface area contributed by atoms with E-state index < -0.39 is 0 Å². The molecule has 1 aromatic heterocycles. The van der Waals surface area contributed by atoms with Gasteiger partial charge < -0.3 is 0 Å². The fourth-order valence-electron chi connectivity index (χ4n) is 1.08. The van der Waals surface area contributed by atoms with Gasteiger partial charge in [-0.15, -0.1) is 0 Å². The lowest BCUT2D eigenvalue weighted by Crippen LogP contribution is -2.13. The van der Waals surface area contributed by atoms with E-state index in [1.165, 1.54) is 0 Å². The van der Waals surface area contributed by atoms with Crippen molar-refractivity contribution in [3.63, 3.8) is 0 Å². The molecule has 0 bridgehead atoms. The summed E-state index contributed by atoms with van der Waals surface area (Å²) in [7, 11) is 0. The molecule has 13 heavy (non-hydrogen) atoms. The highest BCUT2D eigenvalue weighted by Gasteiger charge is 2.15. The molecule has 0 radical (unpaired) electrons. The highest BCUT2D eigenvalue weighted by atomic mass is 14.7. The summed E-state index contributed by atoms with van der Waals surface area (Å²) in [4.78, 5) is 4.26. The van der Waals surface area contributed by atoms with Gasteiger partial charge >= 0.3 is 0 Å². The molecule has 2 nitrogen and oxygen atoms in total. The van der Waals surface area contributed by atoms with Crippen LogP contribution in [0.5, 0.6) is 0 Å². The molecule has 2 heteroatoms. The molecule has 1 aromatic rings. The van der Waals surface area contributed by atoms with E-state index in [0.29, 0.717) is 5.56 Å². The third-order valence-corrected chi connectivity index (χ3v) is 2.00. The predicted octanol–water partition coefficient (Wildman–Crippen LogP) is 2.56. The van der Waals surface area contributed by atoms with Crippen molar-refractivity contribution in [3.05, 3.63) is 29.1 Å². The third kappa shape index (κ3) is 2.06. The van der Waals surface area contributed by atoms with E-state index in [4.69, 9.17) is 5.26 Å². The third-order valence-electron chi connectivity index (χ3n) is 2.00. The van der Waals surface area contributed by atoms with E-state index in [9.17, 15) is 0 Å². The monoisotopic (exact) mass is 174 g/mol. The number of hydrogen-bond donors (Lipinski definition) is 0. The quantitative estimate of drug-likeness (QED) is 0.606. The van der Waals surface area contributed by atoms with Crippen molar-refractivity contribution in [2.45, 2.75) is 33.1 Å². The summed E-state index contributed by atoms with van der Waals surface area (Å²) in [5.74, 6) is 0. The summed E-state index contributed by atoms with van der Waals surface area (Å²) in [5, 5.41) is 8.72. The Balaban J connectivity index is 3.20. The highest BCUT2D eigenvalue weighted by Crippen LogP contribution is 2.21. The Morgan fingerprint density at radius 3 is 2.38 bits per heavy atom. The first kappa shape index (κ1) is 9.73. The van der Waals surface area contributed by atoms with Gasteiger partial charge in [0.1, 0.15) is 6.07 Å². The molecular weight excluding hydrogens is 160 g/mol. The summed E-state index contributed by atoms with van der Waals surface area (Å²) in [6, 6.07) is 4.10. The lowest BCUT2D eigenvalue weighted by Gasteiger charge is -2.17. The Hall–Kier alpha value is -1.36. The second-order valence-electron chi connectivity index (χ2n) is 4.25. The standard InChI is InChI=1S/C11H14N2/c1-8-5-10(11(2,3)4)13-7-9(8)6-12/h5,7H,1-4H3. The SMILES string of the molecule is Cc1cc(C(C)(C)C)ncc1C#N. The largest absolute Gasteiger partial charge is 0.259 e. The smallest absolute Gasteiger partial charge is 0.101 e. The average molecular weight is 174 g/mol. The second kappa shape index (κ2) is 3.18. The zero-order valence-electron chi connectivity index (χ0n) is 8.55. The number of aromatic nitrogens is 1. The summed E-state index contributed by atoms with van der Waals surface area (Å²) in [6.07, 6.45) is 1.65. The van der Waals surface area contributed by atoms with Gasteiger partial charge in [-0.05, 0) is 18.6 Å². The highest BCUT2D eigenvalue weighted by molar-refractivity contribution is 5.36. The van der Waals surface area contributed by atoms with Crippen LogP contribution < -0.4 is 0 Å². The normalized spacial score (nSPS) is 11.0. The molecule has 68 valence electrons. The maximum atomic E-state index is 8.72. The first-order valence-electron chi connectivity index (χ1n) is 4.32. The topological polar surface area (TPSA) is 36.7 Å². The minimum atomic E-state index is 0.0543. The molecule has 0 unspecified atom stereocenters. The van der Waals surface area contributed by atoms with E-state index >= 15 is 0 Å². The number of nitriles is 1. The fourth-order valence-corrected chi connectivity index (χ4v) is 1.08. The minimum absolute atomic E-state index is 0.0543. The first-order valence-corrected chi connectivity index (χ1v) is 4.32. The fraction of sp³-hybridized carbons (Fsp3) is 0.455. The van der Waals surface area contributed by atoms with E-state index in [0.717, 1.165) is 11.3 Å². The molecule has 0 saturated carbocycles. The lowest BCUT2D eigenvalue weighted by atomic mass is 9.90. The van der Waals surface area contributed by atoms with E-state index in [1.807, 2.05) is 13.0 Å². The zero-order chi connectivity index (χ0) is 10.1. The molecular formula is C11H14N2. The molecule has 0 N–H and O–H groups in total. The maximum absolute atomic E-state index is 8.72. The van der Waals surface area contributed by atoms with Gasteiger partial charge in [-0.2, -0.15) is 5.26 Å². The van der Waals surface area contributed by atoms with Crippen LogP contribution in [0, 0.1) is 18.3 Å². The second-order valence-corrected chi connectivity index (χ2v) is 4.25. The molecule has 0 atom stereocenters. The average Bonchev–Trinajstić information content (AvgIpc) is 2.02. The Kier molecular flexibility index (Phi) is 2.38. The van der Waals surface area contributed by atoms with Crippen LogP contribution in [0.3, 0.4) is 0 Å². The van der Waals surface area contributed by atoms with Gasteiger partial charge in [0.2, 0.25) is 0 Å². The number of rotatable bonds is 0. The molecule has 1 rings (SSSR count). The van der Waals surface area contributed by atoms with Gasteiger partial charge in [0.05, 0.1) is 5.56 Å². The van der Waals surface area contributed by atoms with Gasteiger partial charge in [-0.25, -0.2) is 0 Å². The van der Waals surface area contributed by atoms with Crippen LogP contribution >= 0.6 is 0 Å². The van der Waals surface area contributed by atoms with E-state index in [2.05, 4.69) is 31.8 Å². The van der Waals surface area contributed by atoms with Gasteiger partial charge in [-0.3, -0.25) is 4.98 Å². The Morgan fingerprint density at radius 1 is 1.38 bits per heavy atom. The summed E-state index contributed by atoms with van der Waals surface area (Å²) < 4.78 is 0. The number of aryl methyl sites for hydroxylation is 1. The Bertz CT molecular complexity index is 353. The van der Waals surface area contributed by atoms with Crippen molar-refractivity contribution >= 4 is 0 Å². The van der Waals surface area contributed by atoms with Crippen LogP contribution in [0.4, 0.5) is 0 Å². The molecule has 0 amide bonds. The molecule has 0 aliphatic rings. The van der Waals surface area contributed by atoms with Gasteiger partial charge in [0.15, 0.2) is 0 Å². The summed E-state index contributed by atoms with van der Waals surface area (Å²) >= 11 is 0. The van der Waals surface area contributed by atoms with Crippen LogP contribution in [-0.2, 0) is 5.41 Å². The minimum Gasteiger partial charge on any atom is -0.259 e. The number of nitrogens with zero attached hydrogens (tertiary/aromatic N) is 2. The summed E-state index contributed by atoms with van der Waals surface area (Å²) in [5.41, 5.74) is 2.75. The Labute approximate surface area is 79.2 Å². The van der Waals surface area contributed by atoms with Crippen molar-refractivity contribution in [2.75, 3.05) is 0 Å². The van der Waals surface area contributed by atoms with Crippen molar-refractivity contribution in [3.8, 4) is 6.07 Å². The molecule has 0 fully saturated rings. The number of hydrogen-bond acceptors (Lipinski definition) is 2. The molecule has 1 heterocycles. The van der Waals surface area contributed by atoms with Crippen LogP contribution in [-0.4, -0.2) is 4.98 Å². The van der Waals surface area contributed by atoms with Crippen molar-refractivity contribution < 1.29 is 0 Å². The maximum Gasteiger partial charge on any atom is 0.101 e. The molecule has 0 saturated heterocycles. The van der Waals surface area contributed by atoms with Crippen LogP contribution in [0.2, 0.25) is 0 Å². The van der Waals surface area contributed by atoms with Gasteiger partial charge in [-0.1, -0.05) is 20.8 Å². The zero-order valence-corrected chi connectivity index (χ0v) is 8.55. The number of pyridine rings is 1. The van der Waals surface area contributed by atoms with Crippen molar-refractivity contribution in [1.82, 2.24) is 4.98 Å². The summed E-state index contributed by atoms with van der Waals surface area (Å²) in [6.45, 7) is 8.28. The van der Waals surface area contributed by atoms with Crippen molar-refractivity contribution in [2.24, 2.45) is 0 Å². The molecule has 0 aromatic carbocycles. The van der Waals surface area contributed by atoms with Crippen molar-refractivity contribution in [1.29, 1.82) is 5.26 Å². The van der Waals surface area contributed by atoms with Crippen LogP contribution in [0.25, 0.3) is 0 Å². The molecule has 0 aliphatic carbocycles. The van der Waals surface area contributed by atoms with E-state index in [-0.39, 0.29) is 5.41 Å². The lowest BCUT2D eigenvalue weighted by molar-refractivity contribution is 0.568. The van der Waals surface area contributed by atoms with Crippen LogP contribution in [0.15, 0.2) is 12.3 Å². The molecule has 0 spiro atoms. The van der Waals surface area contributed by atoms with E-state index in [1.54, 1.807) is 6.20 Å². The van der Waals surface area contributed by atoms with Crippen LogP contribution in [0.1, 0.15) is 37.6 Å². The molecule has 0 aliphatic heterocycles. The first-order chi connectivity index (χ1) is 5.95. The predicted molar refractivity (Wildman–Crippen MR) is 52.4 cm³/mol. The Morgan fingerprint density at radius 2 is 2.00 bits per heavy atom.